The lowest BCUT2D eigenvalue weighted by molar-refractivity contribution is -0.154. The van der Waals surface area contributed by atoms with Crippen LogP contribution in [0, 0.1) is 11.6 Å². The Morgan fingerprint density at radius 2 is 1.57 bits per heavy atom. The molecule has 0 amide bonds. The van der Waals surface area contributed by atoms with Crippen LogP contribution in [0.3, 0.4) is 0 Å². The maximum absolute atomic E-state index is 14.0. The van der Waals surface area contributed by atoms with Gasteiger partial charge in [0.2, 0.25) is 0 Å². The van der Waals surface area contributed by atoms with Crippen molar-refractivity contribution in [2.75, 3.05) is 4.90 Å². The predicted octanol–water partition coefficient (Wildman–Crippen LogP) is 6.40. The SMILES string of the molecule is CC/C=C(\CCC(=O)OC(C)(C)C)c1ccc(N2Cc3c(F)ccc(F)c3C2)cc1. The van der Waals surface area contributed by atoms with Gasteiger partial charge in [-0.1, -0.05) is 25.1 Å². The summed E-state index contributed by atoms with van der Waals surface area (Å²) in [4.78, 5) is 14.0. The molecule has 0 fully saturated rings. The first-order valence-electron chi connectivity index (χ1n) is 10.4. The first-order valence-corrected chi connectivity index (χ1v) is 10.4. The molecule has 0 saturated heterocycles. The lowest BCUT2D eigenvalue weighted by Crippen LogP contribution is -2.23. The van der Waals surface area contributed by atoms with Gasteiger partial charge in [-0.05, 0) is 69.0 Å². The number of hydrogen-bond acceptors (Lipinski definition) is 3. The van der Waals surface area contributed by atoms with E-state index in [0.29, 0.717) is 37.1 Å². The summed E-state index contributed by atoms with van der Waals surface area (Å²) in [6.07, 6.45) is 3.92. The van der Waals surface area contributed by atoms with Crippen LogP contribution in [-0.2, 0) is 22.6 Å². The first kappa shape index (κ1) is 22.0. The zero-order valence-corrected chi connectivity index (χ0v) is 18.1. The van der Waals surface area contributed by atoms with Gasteiger partial charge in [-0.15, -0.1) is 0 Å². The lowest BCUT2D eigenvalue weighted by Gasteiger charge is -2.20. The number of rotatable bonds is 6. The van der Waals surface area contributed by atoms with E-state index >= 15 is 0 Å². The number of allylic oxidation sites excluding steroid dienone is 2. The summed E-state index contributed by atoms with van der Waals surface area (Å²) in [5.41, 5.74) is 3.43. The Morgan fingerprint density at radius 1 is 1.00 bits per heavy atom. The highest BCUT2D eigenvalue weighted by molar-refractivity contribution is 5.75. The summed E-state index contributed by atoms with van der Waals surface area (Å²) in [5, 5.41) is 0. The Labute approximate surface area is 177 Å². The largest absolute Gasteiger partial charge is 0.460 e. The Kier molecular flexibility index (Phi) is 6.59. The fraction of sp³-hybridized carbons (Fsp3) is 0.400. The lowest BCUT2D eigenvalue weighted by atomic mass is 9.99. The van der Waals surface area contributed by atoms with Crippen LogP contribution in [0.25, 0.3) is 5.57 Å². The van der Waals surface area contributed by atoms with Crippen LogP contribution in [0.5, 0.6) is 0 Å². The fourth-order valence-corrected chi connectivity index (χ4v) is 3.72. The third kappa shape index (κ3) is 5.26. The van der Waals surface area contributed by atoms with E-state index in [4.69, 9.17) is 4.74 Å². The van der Waals surface area contributed by atoms with E-state index in [-0.39, 0.29) is 17.6 Å². The molecule has 160 valence electrons. The fourth-order valence-electron chi connectivity index (χ4n) is 3.72. The van der Waals surface area contributed by atoms with Crippen molar-refractivity contribution in [3.05, 3.63) is 70.8 Å². The molecule has 0 aliphatic carbocycles. The van der Waals surface area contributed by atoms with Crippen LogP contribution in [0.1, 0.15) is 63.6 Å². The van der Waals surface area contributed by atoms with Gasteiger partial charge in [-0.25, -0.2) is 8.78 Å². The molecule has 0 N–H and O–H groups in total. The minimum atomic E-state index is -0.486. The monoisotopic (exact) mass is 413 g/mol. The molecular weight excluding hydrogens is 384 g/mol. The van der Waals surface area contributed by atoms with Crippen molar-refractivity contribution < 1.29 is 18.3 Å². The Morgan fingerprint density at radius 3 is 2.07 bits per heavy atom. The van der Waals surface area contributed by atoms with Crippen molar-refractivity contribution in [2.24, 2.45) is 0 Å². The van der Waals surface area contributed by atoms with Gasteiger partial charge < -0.3 is 9.64 Å². The number of fused-ring (bicyclic) bond motifs is 1. The highest BCUT2D eigenvalue weighted by Crippen LogP contribution is 2.32. The van der Waals surface area contributed by atoms with Crippen molar-refractivity contribution in [3.63, 3.8) is 0 Å². The number of esters is 1. The average Bonchev–Trinajstić information content (AvgIpc) is 3.14. The number of hydrogen-bond donors (Lipinski definition) is 0. The van der Waals surface area contributed by atoms with E-state index in [9.17, 15) is 13.6 Å². The van der Waals surface area contributed by atoms with Crippen molar-refractivity contribution in [1.29, 1.82) is 0 Å². The molecule has 2 aromatic rings. The highest BCUT2D eigenvalue weighted by atomic mass is 19.1. The van der Waals surface area contributed by atoms with Crippen LogP contribution in [0.2, 0.25) is 0 Å². The molecule has 2 aromatic carbocycles. The van der Waals surface area contributed by atoms with E-state index in [2.05, 4.69) is 13.0 Å². The van der Waals surface area contributed by atoms with Crippen LogP contribution in [0.15, 0.2) is 42.5 Å². The number of carbonyl (C=O) groups excluding carboxylic acids is 1. The van der Waals surface area contributed by atoms with Crippen LogP contribution >= 0.6 is 0 Å². The third-order valence-electron chi connectivity index (χ3n) is 5.09. The number of benzene rings is 2. The van der Waals surface area contributed by atoms with E-state index < -0.39 is 5.60 Å². The maximum Gasteiger partial charge on any atom is 0.306 e. The summed E-state index contributed by atoms with van der Waals surface area (Å²) >= 11 is 0. The van der Waals surface area contributed by atoms with Gasteiger partial charge in [0.1, 0.15) is 17.2 Å². The Bertz CT molecular complexity index is 912. The number of nitrogens with zero attached hydrogens (tertiary/aromatic N) is 1. The molecule has 0 unspecified atom stereocenters. The zero-order valence-electron chi connectivity index (χ0n) is 18.1. The molecule has 0 bridgehead atoms. The molecule has 3 rings (SSSR count). The van der Waals surface area contributed by atoms with E-state index in [1.54, 1.807) is 0 Å². The molecule has 1 heterocycles. The number of anilines is 1. The molecule has 30 heavy (non-hydrogen) atoms. The smallest absolute Gasteiger partial charge is 0.306 e. The average molecular weight is 414 g/mol. The highest BCUT2D eigenvalue weighted by Gasteiger charge is 2.25. The topological polar surface area (TPSA) is 29.5 Å². The van der Waals surface area contributed by atoms with Gasteiger partial charge in [0.25, 0.3) is 0 Å². The third-order valence-corrected chi connectivity index (χ3v) is 5.09. The second-order valence-corrected chi connectivity index (χ2v) is 8.61. The first-order chi connectivity index (χ1) is 14.2. The molecular formula is C25H29F2NO2. The molecule has 5 heteroatoms. The number of ether oxygens (including phenoxy) is 1. The zero-order chi connectivity index (χ0) is 21.9. The van der Waals surface area contributed by atoms with Crippen molar-refractivity contribution in [1.82, 2.24) is 0 Å². The second kappa shape index (κ2) is 8.99. The molecule has 0 aromatic heterocycles. The second-order valence-electron chi connectivity index (χ2n) is 8.61. The molecule has 0 saturated carbocycles. The van der Waals surface area contributed by atoms with Crippen LogP contribution in [0.4, 0.5) is 14.5 Å². The van der Waals surface area contributed by atoms with Crippen molar-refractivity contribution in [2.45, 2.75) is 65.6 Å². The van der Waals surface area contributed by atoms with Gasteiger partial charge in [-0.3, -0.25) is 4.79 Å². The van der Waals surface area contributed by atoms with Gasteiger partial charge in [0.15, 0.2) is 0 Å². The van der Waals surface area contributed by atoms with Crippen molar-refractivity contribution in [3.8, 4) is 0 Å². The Hall–Kier alpha value is -2.69. The van der Waals surface area contributed by atoms with Gasteiger partial charge in [-0.2, -0.15) is 0 Å². The van der Waals surface area contributed by atoms with Gasteiger partial charge in [0.05, 0.1) is 0 Å². The standard InChI is InChI=1S/C25H29F2NO2/c1-5-6-17(9-14-24(29)30-25(2,3)4)18-7-10-19(11-8-18)28-15-20-21(16-28)23(27)13-12-22(20)26/h6-8,10-13H,5,9,14-16H2,1-4H3/b17-6+. The summed E-state index contributed by atoms with van der Waals surface area (Å²) in [6.45, 7) is 8.36. The minimum absolute atomic E-state index is 0.208. The molecule has 0 atom stereocenters. The maximum atomic E-state index is 14.0. The Balaban J connectivity index is 1.69. The summed E-state index contributed by atoms with van der Waals surface area (Å²) < 4.78 is 33.5. The van der Waals surface area contributed by atoms with Gasteiger partial charge >= 0.3 is 5.97 Å². The van der Waals surface area contributed by atoms with Crippen molar-refractivity contribution >= 4 is 17.2 Å². The van der Waals surface area contributed by atoms with E-state index in [1.165, 1.54) is 12.1 Å². The number of carbonyl (C=O) groups is 1. The molecule has 0 radical (unpaired) electrons. The molecule has 1 aliphatic rings. The molecule has 3 nitrogen and oxygen atoms in total. The van der Waals surface area contributed by atoms with Crippen LogP contribution in [-0.4, -0.2) is 11.6 Å². The normalized spacial score (nSPS) is 14.1. The number of halogens is 2. The summed E-state index contributed by atoms with van der Waals surface area (Å²) in [5.74, 6) is -0.929. The van der Waals surface area contributed by atoms with E-state index in [1.807, 2.05) is 49.9 Å². The predicted molar refractivity (Wildman–Crippen MR) is 116 cm³/mol. The quantitative estimate of drug-likeness (QED) is 0.513. The molecule has 1 aliphatic heterocycles. The van der Waals surface area contributed by atoms with E-state index in [0.717, 1.165) is 23.2 Å². The summed E-state index contributed by atoms with van der Waals surface area (Å²) in [6, 6.07) is 10.3. The molecule has 0 spiro atoms. The van der Waals surface area contributed by atoms with Gasteiger partial charge in [0, 0.05) is 36.3 Å². The minimum Gasteiger partial charge on any atom is -0.460 e. The summed E-state index contributed by atoms with van der Waals surface area (Å²) in [7, 11) is 0. The van der Waals surface area contributed by atoms with Crippen LogP contribution < -0.4 is 4.90 Å².